The van der Waals surface area contributed by atoms with E-state index in [2.05, 4.69) is 29.1 Å². The van der Waals surface area contributed by atoms with Gasteiger partial charge in [0.05, 0.1) is 0 Å². The summed E-state index contributed by atoms with van der Waals surface area (Å²) in [5.41, 5.74) is 25.5. The number of hydrogen-bond acceptors (Lipinski definition) is 5. The summed E-state index contributed by atoms with van der Waals surface area (Å²) in [6, 6.07) is 11.1. The van der Waals surface area contributed by atoms with Gasteiger partial charge in [0.1, 0.15) is 6.04 Å². The Morgan fingerprint density at radius 1 is 1.25 bits per heavy atom. The van der Waals surface area contributed by atoms with Crippen molar-refractivity contribution in [3.63, 3.8) is 0 Å². The summed E-state index contributed by atoms with van der Waals surface area (Å²) < 4.78 is 0. The Balaban J connectivity index is 0.000000262. The van der Waals surface area contributed by atoms with Gasteiger partial charge in [0.2, 0.25) is 0 Å². The molecule has 0 saturated heterocycles. The summed E-state index contributed by atoms with van der Waals surface area (Å²) in [5, 5.41) is 9.82. The smallest absolute Gasteiger partial charge is 0.320 e. The highest BCUT2D eigenvalue weighted by Gasteiger charge is 2.26. The standard InChI is InChI=1S/C16H16Cl2N2.C6H14N4O2/c1-20-8-14(10-2-4-12(19)5-3-10)13-6-11(17)7-16(18)15(13)9-20;7-4(5(11)12)2-1-3-10-6(8)9/h2-7,14H,8-9,19H2,1H3;4H,1-3,7H2,(H,11,12)(H4,8,9,10). The highest BCUT2D eigenvalue weighted by atomic mass is 35.5. The molecule has 9 N–H and O–H groups in total. The van der Waals surface area contributed by atoms with Crippen molar-refractivity contribution >= 4 is 40.8 Å². The molecule has 32 heavy (non-hydrogen) atoms. The van der Waals surface area contributed by atoms with Crippen LogP contribution in [0, 0.1) is 0 Å². The zero-order valence-electron chi connectivity index (χ0n) is 18.0. The van der Waals surface area contributed by atoms with Crippen LogP contribution in [0.15, 0.2) is 41.4 Å². The fraction of sp³-hybridized carbons (Fsp3) is 0.364. The molecular formula is C22H30Cl2N6O2. The molecule has 2 aromatic carbocycles. The van der Waals surface area contributed by atoms with E-state index in [9.17, 15) is 4.79 Å². The molecule has 0 amide bonds. The number of hydrogen-bond donors (Lipinski definition) is 5. The number of halogens is 2. The number of benzene rings is 2. The van der Waals surface area contributed by atoms with E-state index in [0.29, 0.717) is 24.4 Å². The maximum Gasteiger partial charge on any atom is 0.320 e. The minimum atomic E-state index is -1.00. The van der Waals surface area contributed by atoms with Gasteiger partial charge >= 0.3 is 5.97 Å². The fourth-order valence-corrected chi connectivity index (χ4v) is 4.07. The maximum atomic E-state index is 10.2. The van der Waals surface area contributed by atoms with Gasteiger partial charge in [-0.05, 0) is 60.8 Å². The van der Waals surface area contributed by atoms with E-state index in [1.807, 2.05) is 24.3 Å². The van der Waals surface area contributed by atoms with Gasteiger partial charge in [-0.1, -0.05) is 35.3 Å². The highest BCUT2D eigenvalue weighted by Crippen LogP contribution is 2.38. The summed E-state index contributed by atoms with van der Waals surface area (Å²) in [6.45, 7) is 2.23. The molecule has 10 heteroatoms. The van der Waals surface area contributed by atoms with E-state index in [1.54, 1.807) is 0 Å². The van der Waals surface area contributed by atoms with Crippen LogP contribution >= 0.6 is 23.2 Å². The molecule has 0 aromatic heterocycles. The van der Waals surface area contributed by atoms with E-state index in [1.165, 1.54) is 16.7 Å². The van der Waals surface area contributed by atoms with Crippen LogP contribution in [0.3, 0.4) is 0 Å². The third-order valence-corrected chi connectivity index (χ3v) is 5.67. The topological polar surface area (TPSA) is 157 Å². The van der Waals surface area contributed by atoms with Crippen LogP contribution in [0.5, 0.6) is 0 Å². The average molecular weight is 481 g/mol. The Labute approximate surface area is 198 Å². The van der Waals surface area contributed by atoms with E-state index >= 15 is 0 Å². The van der Waals surface area contributed by atoms with Gasteiger partial charge in [-0.3, -0.25) is 9.79 Å². The fourth-order valence-electron chi connectivity index (χ4n) is 3.50. The predicted octanol–water partition coefficient (Wildman–Crippen LogP) is 2.60. The third-order valence-electron chi connectivity index (χ3n) is 5.12. The molecule has 1 aliphatic heterocycles. The number of carboxylic acids is 1. The summed E-state index contributed by atoms with van der Waals surface area (Å²) in [6.07, 6.45) is 0.956. The Morgan fingerprint density at radius 2 is 1.91 bits per heavy atom. The second-order valence-electron chi connectivity index (χ2n) is 7.76. The summed E-state index contributed by atoms with van der Waals surface area (Å²) in [5.74, 6) is -0.709. The lowest BCUT2D eigenvalue weighted by molar-refractivity contribution is -0.138. The molecule has 2 aromatic rings. The molecule has 2 atom stereocenters. The molecule has 0 aliphatic carbocycles. The first kappa shape index (κ1) is 25.7. The molecule has 0 saturated carbocycles. The Bertz CT molecular complexity index is 948. The van der Waals surface area contributed by atoms with Crippen LogP contribution in [-0.2, 0) is 11.3 Å². The van der Waals surface area contributed by atoms with Crippen molar-refractivity contribution in [2.24, 2.45) is 22.2 Å². The van der Waals surface area contributed by atoms with Crippen LogP contribution < -0.4 is 22.9 Å². The van der Waals surface area contributed by atoms with Gasteiger partial charge in [0.25, 0.3) is 0 Å². The van der Waals surface area contributed by atoms with Crippen molar-refractivity contribution in [3.05, 3.63) is 63.1 Å². The molecule has 0 spiro atoms. The first-order valence-corrected chi connectivity index (χ1v) is 10.9. The van der Waals surface area contributed by atoms with Gasteiger partial charge in [-0.15, -0.1) is 0 Å². The highest BCUT2D eigenvalue weighted by molar-refractivity contribution is 6.35. The van der Waals surface area contributed by atoms with Gasteiger partial charge < -0.3 is 32.9 Å². The van der Waals surface area contributed by atoms with Gasteiger partial charge in [-0.25, -0.2) is 0 Å². The number of nitrogen functional groups attached to an aromatic ring is 1. The third kappa shape index (κ3) is 7.56. The molecular weight excluding hydrogens is 451 g/mol. The zero-order chi connectivity index (χ0) is 23.8. The molecule has 2 unspecified atom stereocenters. The van der Waals surface area contributed by atoms with Crippen molar-refractivity contribution in [3.8, 4) is 0 Å². The summed E-state index contributed by atoms with van der Waals surface area (Å²) in [4.78, 5) is 16.2. The van der Waals surface area contributed by atoms with Gasteiger partial charge in [0.15, 0.2) is 5.96 Å². The first-order chi connectivity index (χ1) is 15.1. The molecule has 1 aliphatic rings. The second-order valence-corrected chi connectivity index (χ2v) is 8.61. The van der Waals surface area contributed by atoms with E-state index in [-0.39, 0.29) is 11.9 Å². The molecule has 0 fully saturated rings. The number of anilines is 1. The van der Waals surface area contributed by atoms with Crippen molar-refractivity contribution < 1.29 is 9.90 Å². The monoisotopic (exact) mass is 480 g/mol. The van der Waals surface area contributed by atoms with Gasteiger partial charge in [0, 0.05) is 41.3 Å². The van der Waals surface area contributed by atoms with Crippen LogP contribution in [0.1, 0.15) is 35.4 Å². The normalized spacial score (nSPS) is 16.3. The number of aliphatic carboxylic acids is 1. The number of rotatable bonds is 6. The Kier molecular flexibility index (Phi) is 9.59. The van der Waals surface area contributed by atoms with E-state index < -0.39 is 12.0 Å². The zero-order valence-corrected chi connectivity index (χ0v) is 19.5. The number of nitrogens with zero attached hydrogens (tertiary/aromatic N) is 2. The molecule has 8 nitrogen and oxygen atoms in total. The molecule has 0 radical (unpaired) electrons. The number of aliphatic imine (C=N–C) groups is 1. The van der Waals surface area contributed by atoms with Crippen LogP contribution in [0.25, 0.3) is 0 Å². The van der Waals surface area contributed by atoms with Crippen molar-refractivity contribution in [2.75, 3.05) is 25.9 Å². The molecule has 0 bridgehead atoms. The number of fused-ring (bicyclic) bond motifs is 1. The number of guanidine groups is 1. The molecule has 1 heterocycles. The van der Waals surface area contributed by atoms with Crippen molar-refractivity contribution in [1.82, 2.24) is 4.90 Å². The average Bonchev–Trinajstić information content (AvgIpc) is 2.72. The second kappa shape index (κ2) is 11.9. The number of carboxylic acid groups (broad SMARTS) is 1. The first-order valence-electron chi connectivity index (χ1n) is 10.1. The largest absolute Gasteiger partial charge is 0.480 e. The molecule has 3 rings (SSSR count). The Hall–Kier alpha value is -2.52. The van der Waals surface area contributed by atoms with E-state index in [4.69, 9.17) is 51.2 Å². The lowest BCUT2D eigenvalue weighted by Gasteiger charge is -2.33. The van der Waals surface area contributed by atoms with Crippen LogP contribution in [0.4, 0.5) is 5.69 Å². The lowest BCUT2D eigenvalue weighted by Crippen LogP contribution is -2.31. The minimum absolute atomic E-state index is 0.0129. The summed E-state index contributed by atoms with van der Waals surface area (Å²) in [7, 11) is 2.11. The van der Waals surface area contributed by atoms with Gasteiger partial charge in [-0.2, -0.15) is 0 Å². The number of likely N-dealkylation sites (N-methyl/N-ethyl adjacent to an activating group) is 1. The summed E-state index contributed by atoms with van der Waals surface area (Å²) >= 11 is 12.5. The predicted molar refractivity (Wildman–Crippen MR) is 131 cm³/mol. The number of nitrogens with two attached hydrogens (primary N) is 4. The lowest BCUT2D eigenvalue weighted by atomic mass is 9.85. The van der Waals surface area contributed by atoms with Crippen molar-refractivity contribution in [1.29, 1.82) is 0 Å². The van der Waals surface area contributed by atoms with Crippen LogP contribution in [0.2, 0.25) is 10.0 Å². The number of carbonyl (C=O) groups is 1. The van der Waals surface area contributed by atoms with E-state index in [0.717, 1.165) is 23.8 Å². The van der Waals surface area contributed by atoms with Crippen LogP contribution in [-0.4, -0.2) is 48.1 Å². The van der Waals surface area contributed by atoms with Crippen molar-refractivity contribution in [2.45, 2.75) is 31.3 Å². The maximum absolute atomic E-state index is 10.2. The Morgan fingerprint density at radius 3 is 2.50 bits per heavy atom. The SMILES string of the molecule is CN1Cc2c(Cl)cc(Cl)cc2C(c2ccc(N)cc2)C1.NC(N)=NCCCC(N)C(=O)O. The quantitative estimate of drug-likeness (QED) is 0.184. The molecule has 174 valence electrons. The minimum Gasteiger partial charge on any atom is -0.480 e.